The van der Waals surface area contributed by atoms with Crippen molar-refractivity contribution in [1.82, 2.24) is 15.1 Å². The molecular formula is C10H18BrN3S. The first-order valence-corrected chi connectivity index (χ1v) is 7.30. The van der Waals surface area contributed by atoms with Crippen LogP contribution in [0.25, 0.3) is 0 Å². The molecule has 0 saturated heterocycles. The Balaban J connectivity index is 2.92. The molecule has 1 atom stereocenters. The predicted molar refractivity (Wildman–Crippen MR) is 70.4 cm³/mol. The van der Waals surface area contributed by atoms with Gasteiger partial charge in [0, 0.05) is 12.3 Å². The molecule has 0 fully saturated rings. The van der Waals surface area contributed by atoms with E-state index in [1.807, 2.05) is 25.0 Å². The van der Waals surface area contributed by atoms with E-state index in [0.29, 0.717) is 6.04 Å². The van der Waals surface area contributed by atoms with Crippen molar-refractivity contribution in [3.63, 3.8) is 0 Å². The SMILES string of the molecule is CCCn1ncc(Br)c1C(CSC)NC. The molecule has 0 saturated carbocycles. The van der Waals surface area contributed by atoms with Gasteiger partial charge >= 0.3 is 0 Å². The first-order chi connectivity index (χ1) is 7.24. The van der Waals surface area contributed by atoms with Crippen molar-refractivity contribution in [2.24, 2.45) is 0 Å². The van der Waals surface area contributed by atoms with E-state index in [-0.39, 0.29) is 0 Å². The van der Waals surface area contributed by atoms with Gasteiger partial charge in [0.25, 0.3) is 0 Å². The molecule has 1 heterocycles. The van der Waals surface area contributed by atoms with Crippen molar-refractivity contribution >= 4 is 27.7 Å². The molecule has 1 N–H and O–H groups in total. The molecule has 0 aliphatic rings. The third-order valence-corrected chi connectivity index (χ3v) is 3.56. The van der Waals surface area contributed by atoms with Crippen LogP contribution < -0.4 is 5.32 Å². The Labute approximate surface area is 104 Å². The van der Waals surface area contributed by atoms with Crippen LogP contribution in [0.1, 0.15) is 25.1 Å². The lowest BCUT2D eigenvalue weighted by atomic mass is 10.2. The smallest absolute Gasteiger partial charge is 0.0704 e. The summed E-state index contributed by atoms with van der Waals surface area (Å²) in [6.45, 7) is 3.15. The molecule has 0 bridgehead atoms. The second-order valence-corrected chi connectivity index (χ2v) is 5.16. The summed E-state index contributed by atoms with van der Waals surface area (Å²) in [5.74, 6) is 1.06. The number of nitrogens with zero attached hydrogens (tertiary/aromatic N) is 2. The zero-order chi connectivity index (χ0) is 11.3. The van der Waals surface area contributed by atoms with Crippen LogP contribution in [0.3, 0.4) is 0 Å². The summed E-state index contributed by atoms with van der Waals surface area (Å²) < 4.78 is 3.19. The van der Waals surface area contributed by atoms with Crippen LogP contribution in [-0.2, 0) is 6.54 Å². The summed E-state index contributed by atoms with van der Waals surface area (Å²) in [5.41, 5.74) is 1.26. The van der Waals surface area contributed by atoms with Crippen LogP contribution >= 0.6 is 27.7 Å². The maximum atomic E-state index is 4.38. The monoisotopic (exact) mass is 291 g/mol. The molecular weight excluding hydrogens is 274 g/mol. The molecule has 0 radical (unpaired) electrons. The van der Waals surface area contributed by atoms with Gasteiger partial charge < -0.3 is 5.32 Å². The van der Waals surface area contributed by atoms with Gasteiger partial charge in [-0.15, -0.1) is 0 Å². The van der Waals surface area contributed by atoms with Crippen molar-refractivity contribution in [3.8, 4) is 0 Å². The molecule has 86 valence electrons. The zero-order valence-electron chi connectivity index (χ0n) is 9.46. The molecule has 5 heteroatoms. The molecule has 0 amide bonds. The minimum atomic E-state index is 0.364. The van der Waals surface area contributed by atoms with Gasteiger partial charge in [0.15, 0.2) is 0 Å². The Morgan fingerprint density at radius 3 is 2.93 bits per heavy atom. The summed E-state index contributed by atoms with van der Waals surface area (Å²) in [7, 11) is 2.00. The predicted octanol–water partition coefficient (Wildman–Crippen LogP) is 2.68. The molecule has 0 aromatic carbocycles. The van der Waals surface area contributed by atoms with E-state index in [1.54, 1.807) is 0 Å². The van der Waals surface area contributed by atoms with Gasteiger partial charge in [-0.1, -0.05) is 6.92 Å². The molecule has 3 nitrogen and oxygen atoms in total. The number of aromatic nitrogens is 2. The van der Waals surface area contributed by atoms with Gasteiger partial charge in [-0.05, 0) is 35.7 Å². The Bertz CT molecular complexity index is 301. The number of rotatable bonds is 6. The maximum absolute atomic E-state index is 4.38. The lowest BCUT2D eigenvalue weighted by molar-refractivity contribution is 0.523. The number of hydrogen-bond acceptors (Lipinski definition) is 3. The van der Waals surface area contributed by atoms with E-state index < -0.39 is 0 Å². The number of thioether (sulfide) groups is 1. The summed E-state index contributed by atoms with van der Waals surface area (Å²) >= 11 is 5.41. The Morgan fingerprint density at radius 1 is 1.67 bits per heavy atom. The molecule has 0 spiro atoms. The van der Waals surface area contributed by atoms with Crippen LogP contribution in [0, 0.1) is 0 Å². The van der Waals surface area contributed by atoms with E-state index in [2.05, 4.69) is 44.2 Å². The van der Waals surface area contributed by atoms with Gasteiger partial charge in [0.1, 0.15) is 0 Å². The number of halogens is 1. The summed E-state index contributed by atoms with van der Waals surface area (Å²) in [4.78, 5) is 0. The number of nitrogens with one attached hydrogen (secondary N) is 1. The van der Waals surface area contributed by atoms with Crippen LogP contribution in [-0.4, -0.2) is 28.8 Å². The van der Waals surface area contributed by atoms with Gasteiger partial charge in [-0.25, -0.2) is 0 Å². The van der Waals surface area contributed by atoms with E-state index in [4.69, 9.17) is 0 Å². The molecule has 1 unspecified atom stereocenters. The molecule has 15 heavy (non-hydrogen) atoms. The Hall–Kier alpha value is -0.0000000000000000763. The van der Waals surface area contributed by atoms with E-state index in [9.17, 15) is 0 Å². The van der Waals surface area contributed by atoms with E-state index in [1.165, 1.54) is 5.69 Å². The lowest BCUT2D eigenvalue weighted by Gasteiger charge is -2.17. The average molecular weight is 292 g/mol. The van der Waals surface area contributed by atoms with Crippen molar-refractivity contribution in [2.75, 3.05) is 19.1 Å². The lowest BCUT2D eigenvalue weighted by Crippen LogP contribution is -2.23. The van der Waals surface area contributed by atoms with Crippen LogP contribution in [0.5, 0.6) is 0 Å². The van der Waals surface area contributed by atoms with Gasteiger partial charge in [0.2, 0.25) is 0 Å². The fourth-order valence-corrected chi connectivity index (χ4v) is 2.80. The first-order valence-electron chi connectivity index (χ1n) is 5.12. The van der Waals surface area contributed by atoms with Gasteiger partial charge in [-0.2, -0.15) is 16.9 Å². The fourth-order valence-electron chi connectivity index (χ4n) is 1.57. The topological polar surface area (TPSA) is 29.9 Å². The van der Waals surface area contributed by atoms with Crippen LogP contribution in [0.15, 0.2) is 10.7 Å². The zero-order valence-corrected chi connectivity index (χ0v) is 11.9. The van der Waals surface area contributed by atoms with Crippen LogP contribution in [0.2, 0.25) is 0 Å². The molecule has 1 rings (SSSR count). The van der Waals surface area contributed by atoms with Gasteiger partial charge in [-0.3, -0.25) is 4.68 Å². The highest BCUT2D eigenvalue weighted by atomic mass is 79.9. The maximum Gasteiger partial charge on any atom is 0.0704 e. The summed E-state index contributed by atoms with van der Waals surface area (Å²) in [6, 6.07) is 0.364. The largest absolute Gasteiger partial charge is 0.311 e. The van der Waals surface area contributed by atoms with E-state index in [0.717, 1.165) is 23.2 Å². The number of aryl methyl sites for hydroxylation is 1. The van der Waals surface area contributed by atoms with Crippen molar-refractivity contribution in [2.45, 2.75) is 25.9 Å². The Kier molecular flexibility index (Phi) is 5.71. The highest BCUT2D eigenvalue weighted by Gasteiger charge is 2.17. The Morgan fingerprint density at radius 2 is 2.40 bits per heavy atom. The minimum absolute atomic E-state index is 0.364. The highest BCUT2D eigenvalue weighted by Crippen LogP contribution is 2.25. The third kappa shape index (κ3) is 3.23. The summed E-state index contributed by atoms with van der Waals surface area (Å²) in [5, 5.41) is 7.71. The van der Waals surface area contributed by atoms with Crippen molar-refractivity contribution in [1.29, 1.82) is 0 Å². The minimum Gasteiger partial charge on any atom is -0.311 e. The summed E-state index contributed by atoms with van der Waals surface area (Å²) in [6.07, 6.45) is 5.12. The van der Waals surface area contributed by atoms with Crippen LogP contribution in [0.4, 0.5) is 0 Å². The quantitative estimate of drug-likeness (QED) is 0.874. The first kappa shape index (κ1) is 13.1. The highest BCUT2D eigenvalue weighted by molar-refractivity contribution is 9.10. The normalized spacial score (nSPS) is 13.1. The second-order valence-electron chi connectivity index (χ2n) is 3.40. The molecule has 0 aliphatic heterocycles. The second kappa shape index (κ2) is 6.55. The van der Waals surface area contributed by atoms with Crippen molar-refractivity contribution in [3.05, 3.63) is 16.4 Å². The fraction of sp³-hybridized carbons (Fsp3) is 0.700. The standard InChI is InChI=1S/C10H18BrN3S/c1-4-5-14-10(8(11)6-13-14)9(12-2)7-15-3/h6,9,12H,4-5,7H2,1-3H3. The number of hydrogen-bond donors (Lipinski definition) is 1. The van der Waals surface area contributed by atoms with E-state index >= 15 is 0 Å². The third-order valence-electron chi connectivity index (χ3n) is 2.28. The van der Waals surface area contributed by atoms with Crippen molar-refractivity contribution < 1.29 is 0 Å². The average Bonchev–Trinajstić information content (AvgIpc) is 2.58. The molecule has 1 aromatic heterocycles. The van der Waals surface area contributed by atoms with Gasteiger partial charge in [0.05, 0.1) is 22.4 Å². The molecule has 1 aromatic rings. The molecule has 0 aliphatic carbocycles.